The summed E-state index contributed by atoms with van der Waals surface area (Å²) < 4.78 is 35.4. The van der Waals surface area contributed by atoms with Gasteiger partial charge in [-0.3, -0.25) is 19.3 Å². The maximum absolute atomic E-state index is 14.4. The first kappa shape index (κ1) is 27.8. The van der Waals surface area contributed by atoms with Crippen LogP contribution in [0.4, 0.5) is 8.78 Å². The Labute approximate surface area is 248 Å². The SMILES string of the molecule is O=C(NCc1ccc(F)cc1F)c1cn2c(c(OCc3ccccc3)c1=O)C(=O)N1C3CCCCC3CN(C3CC3)C1C2. The molecule has 0 bridgehead atoms. The van der Waals surface area contributed by atoms with Crippen LogP contribution in [-0.2, 0) is 19.7 Å². The molecule has 224 valence electrons. The average Bonchev–Trinajstić information content (AvgIpc) is 3.86. The molecule has 43 heavy (non-hydrogen) atoms. The van der Waals surface area contributed by atoms with E-state index in [1.165, 1.54) is 12.3 Å². The molecule has 2 amide bonds. The van der Waals surface area contributed by atoms with Crippen molar-refractivity contribution in [2.24, 2.45) is 5.92 Å². The Bertz CT molecular complexity index is 1620. The van der Waals surface area contributed by atoms with Crippen LogP contribution in [0.25, 0.3) is 0 Å². The highest BCUT2D eigenvalue weighted by atomic mass is 19.1. The van der Waals surface area contributed by atoms with Crippen molar-refractivity contribution in [1.82, 2.24) is 19.7 Å². The van der Waals surface area contributed by atoms with Gasteiger partial charge in [0.15, 0.2) is 11.4 Å². The van der Waals surface area contributed by atoms with E-state index >= 15 is 0 Å². The van der Waals surface area contributed by atoms with Crippen LogP contribution in [0.15, 0.2) is 59.5 Å². The predicted molar refractivity (Wildman–Crippen MR) is 154 cm³/mol. The molecule has 3 atom stereocenters. The summed E-state index contributed by atoms with van der Waals surface area (Å²) in [5, 5.41) is 2.59. The van der Waals surface area contributed by atoms with Gasteiger partial charge in [0.25, 0.3) is 11.8 Å². The van der Waals surface area contributed by atoms with Gasteiger partial charge < -0.3 is 19.5 Å². The lowest BCUT2D eigenvalue weighted by Gasteiger charge is -2.55. The summed E-state index contributed by atoms with van der Waals surface area (Å²) in [4.78, 5) is 46.2. The van der Waals surface area contributed by atoms with Crippen molar-refractivity contribution in [1.29, 1.82) is 0 Å². The van der Waals surface area contributed by atoms with Crippen LogP contribution in [0.3, 0.4) is 0 Å². The highest BCUT2D eigenvalue weighted by Crippen LogP contribution is 2.43. The molecule has 3 unspecified atom stereocenters. The van der Waals surface area contributed by atoms with E-state index < -0.39 is 23.0 Å². The van der Waals surface area contributed by atoms with Gasteiger partial charge in [-0.2, -0.15) is 0 Å². The first-order valence-corrected chi connectivity index (χ1v) is 15.1. The van der Waals surface area contributed by atoms with E-state index in [1.807, 2.05) is 35.2 Å². The van der Waals surface area contributed by atoms with Crippen molar-refractivity contribution >= 4 is 11.8 Å². The van der Waals surface area contributed by atoms with Crippen molar-refractivity contribution in [3.8, 4) is 5.75 Å². The van der Waals surface area contributed by atoms with Crippen LogP contribution in [0, 0.1) is 17.6 Å². The van der Waals surface area contributed by atoms with Crippen LogP contribution < -0.4 is 15.5 Å². The third kappa shape index (κ3) is 5.22. The van der Waals surface area contributed by atoms with Gasteiger partial charge in [-0.15, -0.1) is 0 Å². The number of carbonyl (C=O) groups excluding carboxylic acids is 2. The van der Waals surface area contributed by atoms with Crippen molar-refractivity contribution in [2.45, 2.75) is 76.5 Å². The zero-order valence-corrected chi connectivity index (χ0v) is 23.8. The van der Waals surface area contributed by atoms with Gasteiger partial charge in [0.2, 0.25) is 5.43 Å². The van der Waals surface area contributed by atoms with E-state index in [-0.39, 0.29) is 53.8 Å². The second-order valence-electron chi connectivity index (χ2n) is 12.1. The van der Waals surface area contributed by atoms with Gasteiger partial charge in [-0.1, -0.05) is 49.2 Å². The first-order chi connectivity index (χ1) is 20.9. The normalized spacial score (nSPS) is 23.3. The zero-order valence-electron chi connectivity index (χ0n) is 23.8. The molecule has 2 aliphatic heterocycles. The van der Waals surface area contributed by atoms with Crippen LogP contribution in [-0.4, -0.2) is 51.0 Å². The van der Waals surface area contributed by atoms with Gasteiger partial charge >= 0.3 is 0 Å². The molecule has 1 saturated heterocycles. The van der Waals surface area contributed by atoms with E-state index in [0.717, 1.165) is 62.8 Å². The molecule has 3 fully saturated rings. The lowest BCUT2D eigenvalue weighted by Crippen LogP contribution is -2.68. The van der Waals surface area contributed by atoms with E-state index in [9.17, 15) is 23.2 Å². The average molecular weight is 589 g/mol. The number of fused-ring (bicyclic) bond motifs is 4. The minimum atomic E-state index is -0.793. The number of hydrogen-bond acceptors (Lipinski definition) is 5. The summed E-state index contributed by atoms with van der Waals surface area (Å²) in [5.41, 5.74) is 0.180. The molecule has 10 heteroatoms. The summed E-state index contributed by atoms with van der Waals surface area (Å²) in [6, 6.07) is 13.0. The number of pyridine rings is 1. The van der Waals surface area contributed by atoms with E-state index in [4.69, 9.17) is 4.74 Å². The number of nitrogens with zero attached hydrogens (tertiary/aromatic N) is 3. The maximum atomic E-state index is 14.4. The molecule has 3 heterocycles. The van der Waals surface area contributed by atoms with Crippen molar-refractivity contribution in [3.63, 3.8) is 0 Å². The number of ether oxygens (including phenoxy) is 1. The molecule has 1 N–H and O–H groups in total. The fourth-order valence-corrected chi connectivity index (χ4v) is 7.08. The van der Waals surface area contributed by atoms with E-state index in [1.54, 1.807) is 4.57 Å². The van der Waals surface area contributed by atoms with E-state index in [2.05, 4.69) is 10.2 Å². The Kier molecular flexibility index (Phi) is 7.25. The number of rotatable bonds is 7. The topological polar surface area (TPSA) is 83.9 Å². The molecule has 8 nitrogen and oxygen atoms in total. The fraction of sp³-hybridized carbons (Fsp3) is 0.424. The molecular formula is C33H34F2N4O4. The van der Waals surface area contributed by atoms with Crippen LogP contribution in [0.1, 0.15) is 70.5 Å². The van der Waals surface area contributed by atoms with Gasteiger partial charge in [0, 0.05) is 43.0 Å². The minimum Gasteiger partial charge on any atom is -0.483 e. The Morgan fingerprint density at radius 2 is 1.77 bits per heavy atom. The number of amides is 2. The van der Waals surface area contributed by atoms with Crippen LogP contribution >= 0.6 is 0 Å². The molecule has 1 aromatic heterocycles. The van der Waals surface area contributed by atoms with Crippen LogP contribution in [0.5, 0.6) is 5.75 Å². The predicted octanol–water partition coefficient (Wildman–Crippen LogP) is 4.45. The van der Waals surface area contributed by atoms with Crippen molar-refractivity contribution in [3.05, 3.63) is 99.0 Å². The number of hydrogen-bond donors (Lipinski definition) is 1. The zero-order chi connectivity index (χ0) is 29.7. The second-order valence-corrected chi connectivity index (χ2v) is 12.1. The Morgan fingerprint density at radius 1 is 0.977 bits per heavy atom. The van der Waals surface area contributed by atoms with Crippen molar-refractivity contribution < 1.29 is 23.1 Å². The lowest BCUT2D eigenvalue weighted by molar-refractivity contribution is -0.0773. The summed E-state index contributed by atoms with van der Waals surface area (Å²) >= 11 is 0. The quantitative estimate of drug-likeness (QED) is 0.441. The molecule has 0 spiro atoms. The Morgan fingerprint density at radius 3 is 2.53 bits per heavy atom. The van der Waals surface area contributed by atoms with Gasteiger partial charge in [-0.25, -0.2) is 8.78 Å². The summed E-state index contributed by atoms with van der Waals surface area (Å²) in [5.74, 6) is -2.22. The minimum absolute atomic E-state index is 0.0475. The van der Waals surface area contributed by atoms with Crippen LogP contribution in [0.2, 0.25) is 0 Å². The number of carbonyl (C=O) groups is 2. The third-order valence-corrected chi connectivity index (χ3v) is 9.35. The van der Waals surface area contributed by atoms with E-state index in [0.29, 0.717) is 18.5 Å². The molecule has 2 aromatic carbocycles. The molecule has 2 saturated carbocycles. The molecule has 7 rings (SSSR count). The largest absolute Gasteiger partial charge is 0.483 e. The monoisotopic (exact) mass is 588 g/mol. The second kappa shape index (κ2) is 11.2. The van der Waals surface area contributed by atoms with Crippen molar-refractivity contribution in [2.75, 3.05) is 6.54 Å². The highest BCUT2D eigenvalue weighted by Gasteiger charge is 2.51. The highest BCUT2D eigenvalue weighted by molar-refractivity contribution is 5.99. The summed E-state index contributed by atoms with van der Waals surface area (Å²) in [7, 11) is 0. The first-order valence-electron chi connectivity index (χ1n) is 15.1. The third-order valence-electron chi connectivity index (χ3n) is 9.35. The molecular weight excluding hydrogens is 554 g/mol. The molecule has 0 radical (unpaired) electrons. The maximum Gasteiger partial charge on any atom is 0.276 e. The van der Waals surface area contributed by atoms with Gasteiger partial charge in [-0.05, 0) is 43.2 Å². The lowest BCUT2D eigenvalue weighted by atomic mass is 9.80. The van der Waals surface area contributed by atoms with Gasteiger partial charge in [0.05, 0.1) is 6.54 Å². The molecule has 4 aliphatic rings. The smallest absolute Gasteiger partial charge is 0.276 e. The molecule has 2 aliphatic carbocycles. The fourth-order valence-electron chi connectivity index (χ4n) is 7.08. The standard InChI is InChI=1S/C33H34F2N4O4/c34-23-11-10-21(26(35)14-23)15-36-32(41)25-17-37-18-28-38(24-12-13-24)16-22-8-4-5-9-27(22)39(28)33(42)29(37)31(30(25)40)43-19-20-6-2-1-3-7-20/h1-3,6-7,10-11,14,17,22,24,27-28H,4-5,8-9,12-13,15-16,18-19H2,(H,36,41). The number of halogens is 2. The number of aromatic nitrogens is 1. The summed E-state index contributed by atoms with van der Waals surface area (Å²) in [6.45, 7) is 1.18. The Balaban J connectivity index is 1.26. The van der Waals surface area contributed by atoms with Gasteiger partial charge in [0.1, 0.15) is 30.0 Å². The number of nitrogens with one attached hydrogen (secondary N) is 1. The number of benzene rings is 2. The Hall–Kier alpha value is -4.05. The molecule has 3 aromatic rings. The summed E-state index contributed by atoms with van der Waals surface area (Å²) in [6.07, 6.45) is 7.74.